The second-order valence-electron chi connectivity index (χ2n) is 2.90. The molecule has 4 nitrogen and oxygen atoms in total. The minimum Gasteiger partial charge on any atom is -0.544 e. The molecule has 0 bridgehead atoms. The summed E-state index contributed by atoms with van der Waals surface area (Å²) in [4.78, 5) is 10.0. The third kappa shape index (κ3) is 2.21. The van der Waals surface area contributed by atoms with E-state index >= 15 is 0 Å². The highest BCUT2D eigenvalue weighted by molar-refractivity contribution is 5.74. The van der Waals surface area contributed by atoms with E-state index < -0.39 is 18.0 Å². The number of hydrogen-bond donors (Lipinski definition) is 2. The van der Waals surface area contributed by atoms with E-state index in [-0.39, 0.29) is 11.3 Å². The van der Waals surface area contributed by atoms with Gasteiger partial charge in [-0.05, 0) is 17.7 Å². The lowest BCUT2D eigenvalue weighted by Gasteiger charge is -2.23. The fraction of sp³-hybridized carbons (Fsp3) is 0.222. The highest BCUT2D eigenvalue weighted by atomic mass is 19.3. The molecule has 0 aliphatic carbocycles. The van der Waals surface area contributed by atoms with Crippen molar-refractivity contribution in [3.8, 4) is 5.75 Å². The van der Waals surface area contributed by atoms with Crippen LogP contribution in [0.15, 0.2) is 24.3 Å². The predicted molar refractivity (Wildman–Crippen MR) is 43.0 cm³/mol. The zero-order valence-corrected chi connectivity index (χ0v) is 7.35. The maximum atomic E-state index is 12.8. The lowest BCUT2D eigenvalue weighted by Crippen LogP contribution is -2.45. The van der Waals surface area contributed by atoms with E-state index in [0.717, 1.165) is 24.3 Å². The Hall–Kier alpha value is -1.69. The number of carboxylic acids is 1. The van der Waals surface area contributed by atoms with Crippen molar-refractivity contribution in [1.82, 2.24) is 0 Å². The smallest absolute Gasteiger partial charge is 0.316 e. The number of phenols is 1. The van der Waals surface area contributed by atoms with Crippen molar-refractivity contribution in [2.75, 3.05) is 0 Å². The zero-order valence-electron chi connectivity index (χ0n) is 7.35. The van der Waals surface area contributed by atoms with Gasteiger partial charge in [0, 0.05) is 0 Å². The van der Waals surface area contributed by atoms with Gasteiger partial charge in [0.1, 0.15) is 17.8 Å². The lowest BCUT2D eigenvalue weighted by atomic mass is 10.0. The summed E-state index contributed by atoms with van der Waals surface area (Å²) >= 11 is 0. The highest BCUT2D eigenvalue weighted by Crippen LogP contribution is 2.31. The molecule has 0 aliphatic heterocycles. The molecule has 15 heavy (non-hydrogen) atoms. The Kier molecular flexibility index (Phi) is 2.90. The van der Waals surface area contributed by atoms with Crippen LogP contribution in [0.25, 0.3) is 0 Å². The number of benzene rings is 1. The maximum absolute atomic E-state index is 12.8. The minimum absolute atomic E-state index is 0.178. The van der Waals surface area contributed by atoms with Gasteiger partial charge in [0.2, 0.25) is 0 Å². The van der Waals surface area contributed by atoms with Crippen LogP contribution in [0.4, 0.5) is 8.78 Å². The first-order valence-corrected chi connectivity index (χ1v) is 3.92. The normalized spacial score (nSPS) is 13.5. The molecule has 0 heterocycles. The van der Waals surface area contributed by atoms with E-state index in [9.17, 15) is 18.7 Å². The van der Waals surface area contributed by atoms with Gasteiger partial charge in [0.15, 0.2) is 0 Å². The quantitative estimate of drug-likeness (QED) is 0.735. The van der Waals surface area contributed by atoms with E-state index in [2.05, 4.69) is 0 Å². The molecule has 0 radical (unpaired) electrons. The molecule has 0 saturated carbocycles. The van der Waals surface area contributed by atoms with E-state index in [4.69, 9.17) is 10.2 Å². The van der Waals surface area contributed by atoms with E-state index in [0.29, 0.717) is 0 Å². The second-order valence-corrected chi connectivity index (χ2v) is 2.90. The number of rotatable bonds is 3. The number of carbonyl (C=O) groups excluding carboxylic acids is 1. The van der Waals surface area contributed by atoms with Crippen molar-refractivity contribution in [1.29, 1.82) is 0 Å². The first-order valence-electron chi connectivity index (χ1n) is 3.92. The molecule has 0 spiro atoms. The molecule has 0 saturated heterocycles. The molecule has 2 N–H and O–H groups in total. The number of phenolic OH excluding ortho intramolecular Hbond substituents is 1. The molecule has 1 rings (SSSR count). The van der Waals surface area contributed by atoms with Gasteiger partial charge >= 0.3 is 5.92 Å². The second kappa shape index (κ2) is 3.82. The van der Waals surface area contributed by atoms with Crippen molar-refractivity contribution in [2.24, 2.45) is 0 Å². The van der Waals surface area contributed by atoms with Crippen LogP contribution in [0.3, 0.4) is 0 Å². The highest BCUT2D eigenvalue weighted by Gasteiger charge is 2.41. The standard InChI is InChI=1S/C9H8F2O4/c10-9(11,8(14)15)7(13)5-1-3-6(12)4-2-5/h1-4,7,12-13H,(H,14,15)/p-1. The predicted octanol–water partition coefficient (Wildman–Crippen LogP) is -0.189. The number of halogens is 2. The van der Waals surface area contributed by atoms with Gasteiger partial charge in [-0.25, -0.2) is 0 Å². The number of aliphatic hydroxyl groups excluding tert-OH is 1. The topological polar surface area (TPSA) is 80.6 Å². The van der Waals surface area contributed by atoms with Gasteiger partial charge in [0.05, 0.1) is 0 Å². The summed E-state index contributed by atoms with van der Waals surface area (Å²) < 4.78 is 25.5. The Labute approximate surface area is 83.4 Å². The van der Waals surface area contributed by atoms with Gasteiger partial charge in [-0.1, -0.05) is 12.1 Å². The first-order chi connectivity index (χ1) is 6.85. The number of aromatic hydroxyl groups is 1. The van der Waals surface area contributed by atoms with Crippen molar-refractivity contribution in [3.63, 3.8) is 0 Å². The van der Waals surface area contributed by atoms with Crippen LogP contribution < -0.4 is 5.11 Å². The average molecular weight is 217 g/mol. The van der Waals surface area contributed by atoms with Crippen LogP contribution >= 0.6 is 0 Å². The maximum Gasteiger partial charge on any atom is 0.316 e. The monoisotopic (exact) mass is 217 g/mol. The number of carboxylic acid groups (broad SMARTS) is 1. The molecule has 0 aromatic heterocycles. The number of carbonyl (C=O) groups is 1. The summed E-state index contributed by atoms with van der Waals surface area (Å²) in [6.07, 6.45) is -2.50. The Bertz CT molecular complexity index is 361. The van der Waals surface area contributed by atoms with Crippen LogP contribution in [0, 0.1) is 0 Å². The summed E-state index contributed by atoms with van der Waals surface area (Å²) in [7, 11) is 0. The Balaban J connectivity index is 2.99. The van der Waals surface area contributed by atoms with Gasteiger partial charge in [0.25, 0.3) is 0 Å². The van der Waals surface area contributed by atoms with Gasteiger partial charge < -0.3 is 20.1 Å². The summed E-state index contributed by atoms with van der Waals surface area (Å²) in [5.74, 6) is -7.19. The lowest BCUT2D eigenvalue weighted by molar-refractivity contribution is -0.336. The van der Waals surface area contributed by atoms with E-state index in [1.807, 2.05) is 0 Å². The molecule has 1 unspecified atom stereocenters. The summed E-state index contributed by atoms with van der Waals surface area (Å²) in [6, 6.07) is 4.11. The molecular formula is C9H7F2O4-. The van der Waals surface area contributed by atoms with Crippen LogP contribution in [0.2, 0.25) is 0 Å². The van der Waals surface area contributed by atoms with Crippen molar-refractivity contribution in [3.05, 3.63) is 29.8 Å². The third-order valence-corrected chi connectivity index (χ3v) is 1.82. The van der Waals surface area contributed by atoms with Crippen LogP contribution in [-0.4, -0.2) is 22.1 Å². The Morgan fingerprint density at radius 1 is 1.33 bits per heavy atom. The minimum atomic E-state index is -4.36. The molecular weight excluding hydrogens is 210 g/mol. The fourth-order valence-corrected chi connectivity index (χ4v) is 0.978. The number of aliphatic carboxylic acids is 1. The zero-order chi connectivity index (χ0) is 11.6. The molecule has 0 fully saturated rings. The van der Waals surface area contributed by atoms with Crippen LogP contribution in [0.1, 0.15) is 11.7 Å². The van der Waals surface area contributed by atoms with Gasteiger partial charge in [-0.3, -0.25) is 0 Å². The summed E-state index contributed by atoms with van der Waals surface area (Å²) in [5, 5.41) is 27.9. The molecule has 0 aliphatic rings. The molecule has 1 aromatic rings. The molecule has 1 atom stereocenters. The summed E-state index contributed by atoms with van der Waals surface area (Å²) in [5.41, 5.74) is -0.318. The summed E-state index contributed by atoms with van der Waals surface area (Å²) in [6.45, 7) is 0. The van der Waals surface area contributed by atoms with Gasteiger partial charge in [-0.2, -0.15) is 8.78 Å². The van der Waals surface area contributed by atoms with Crippen molar-refractivity contribution < 1.29 is 28.9 Å². The third-order valence-electron chi connectivity index (χ3n) is 1.82. The van der Waals surface area contributed by atoms with Crippen LogP contribution in [-0.2, 0) is 4.79 Å². The largest absolute Gasteiger partial charge is 0.544 e. The van der Waals surface area contributed by atoms with E-state index in [1.165, 1.54) is 0 Å². The number of aliphatic hydroxyl groups is 1. The Morgan fingerprint density at radius 2 is 1.80 bits per heavy atom. The van der Waals surface area contributed by atoms with Crippen LogP contribution in [0.5, 0.6) is 5.75 Å². The van der Waals surface area contributed by atoms with Crippen molar-refractivity contribution >= 4 is 5.97 Å². The number of alkyl halides is 2. The molecule has 1 aromatic carbocycles. The fourth-order valence-electron chi connectivity index (χ4n) is 0.978. The molecule has 82 valence electrons. The number of hydrogen-bond acceptors (Lipinski definition) is 4. The van der Waals surface area contributed by atoms with Crippen molar-refractivity contribution in [2.45, 2.75) is 12.0 Å². The molecule has 0 amide bonds. The van der Waals surface area contributed by atoms with Gasteiger partial charge in [-0.15, -0.1) is 0 Å². The SMILES string of the molecule is O=C([O-])C(F)(F)C(O)c1ccc(O)cc1. The average Bonchev–Trinajstić information content (AvgIpc) is 2.17. The van der Waals surface area contributed by atoms with E-state index in [1.54, 1.807) is 0 Å². The Morgan fingerprint density at radius 3 is 2.20 bits per heavy atom. The first kappa shape index (κ1) is 11.4. The molecule has 6 heteroatoms.